The van der Waals surface area contributed by atoms with Crippen LogP contribution in [0.2, 0.25) is 0 Å². The second-order valence-electron chi connectivity index (χ2n) is 3.37. The fraction of sp³-hybridized carbons (Fsp3) is 0. The number of nitrogens with two attached hydrogens (primary N) is 1. The number of benzene rings is 1. The molecule has 1 heterocycles. The van der Waals surface area contributed by atoms with Crippen LogP contribution in [-0.4, -0.2) is 11.8 Å². The predicted molar refractivity (Wildman–Crippen MR) is 64.5 cm³/mol. The summed E-state index contributed by atoms with van der Waals surface area (Å²) in [6.07, 6.45) is 0. The van der Waals surface area contributed by atoms with Crippen LogP contribution in [0, 0.1) is 11.3 Å². The zero-order valence-electron chi connectivity index (χ0n) is 8.45. The van der Waals surface area contributed by atoms with Gasteiger partial charge >= 0.3 is 0 Å². The summed E-state index contributed by atoms with van der Waals surface area (Å²) in [6, 6.07) is 6.75. The summed E-state index contributed by atoms with van der Waals surface area (Å²) in [5.74, 6) is -1.40. The van der Waals surface area contributed by atoms with Gasteiger partial charge in [-0.1, -0.05) is 15.9 Å². The van der Waals surface area contributed by atoms with Gasteiger partial charge in [-0.3, -0.25) is 9.59 Å². The minimum atomic E-state index is -0.912. The van der Waals surface area contributed by atoms with Crippen molar-refractivity contribution in [2.24, 2.45) is 5.73 Å². The van der Waals surface area contributed by atoms with Gasteiger partial charge in [-0.15, -0.1) is 0 Å². The number of halogens is 1. The topological polar surface area (TPSA) is 96.0 Å². The lowest BCUT2D eigenvalue weighted by molar-refractivity contribution is -0.115. The second kappa shape index (κ2) is 4.03. The number of hydrogen-bond donors (Lipinski definition) is 2. The first kappa shape index (κ1) is 11.4. The van der Waals surface area contributed by atoms with E-state index >= 15 is 0 Å². The lowest BCUT2D eigenvalue weighted by Crippen LogP contribution is -2.17. The molecule has 3 N–H and O–H groups in total. The number of nitriles is 1. The van der Waals surface area contributed by atoms with Crippen LogP contribution in [0.25, 0.3) is 5.57 Å². The van der Waals surface area contributed by atoms with E-state index in [2.05, 4.69) is 21.2 Å². The molecule has 0 saturated heterocycles. The minimum Gasteiger partial charge on any atom is -0.365 e. The summed E-state index contributed by atoms with van der Waals surface area (Å²) in [6.45, 7) is 0. The van der Waals surface area contributed by atoms with Crippen LogP contribution in [0.3, 0.4) is 0 Å². The smallest absolute Gasteiger partial charge is 0.260 e. The minimum absolute atomic E-state index is 0.0244. The van der Waals surface area contributed by atoms with Crippen LogP contribution < -0.4 is 11.1 Å². The quantitative estimate of drug-likeness (QED) is 0.600. The van der Waals surface area contributed by atoms with Crippen molar-refractivity contribution in [3.8, 4) is 6.07 Å². The van der Waals surface area contributed by atoms with Gasteiger partial charge in [0.15, 0.2) is 0 Å². The third-order valence-electron chi connectivity index (χ3n) is 2.33. The van der Waals surface area contributed by atoms with Gasteiger partial charge in [0.25, 0.3) is 11.8 Å². The molecule has 0 saturated carbocycles. The molecule has 84 valence electrons. The van der Waals surface area contributed by atoms with Crippen LogP contribution in [0.5, 0.6) is 0 Å². The third kappa shape index (κ3) is 1.81. The maximum Gasteiger partial charge on any atom is 0.260 e. The van der Waals surface area contributed by atoms with Gasteiger partial charge in [0.1, 0.15) is 11.6 Å². The maximum absolute atomic E-state index is 11.7. The van der Waals surface area contributed by atoms with Crippen molar-refractivity contribution in [3.05, 3.63) is 33.8 Å². The average Bonchev–Trinajstić information content (AvgIpc) is 2.56. The van der Waals surface area contributed by atoms with Gasteiger partial charge in [0, 0.05) is 15.7 Å². The standard InChI is InChI=1S/C11H6BrN3O2/c12-5-1-2-8-6(3-5)9(11(17)15-8)7(4-13)10(14)16/h1-3H,(H2,14,16)(H,15,17)/b9-7+. The van der Waals surface area contributed by atoms with Crippen LogP contribution >= 0.6 is 15.9 Å². The molecule has 1 aromatic rings. The van der Waals surface area contributed by atoms with E-state index in [-0.39, 0.29) is 11.1 Å². The molecule has 1 aromatic carbocycles. The van der Waals surface area contributed by atoms with E-state index in [1.54, 1.807) is 24.3 Å². The van der Waals surface area contributed by atoms with Crippen LogP contribution in [0.15, 0.2) is 28.2 Å². The van der Waals surface area contributed by atoms with Gasteiger partial charge < -0.3 is 11.1 Å². The number of anilines is 1. The lowest BCUT2D eigenvalue weighted by atomic mass is 10.0. The fourth-order valence-electron chi connectivity index (χ4n) is 1.62. The highest BCUT2D eigenvalue weighted by atomic mass is 79.9. The number of fused-ring (bicyclic) bond motifs is 1. The molecular formula is C11H6BrN3O2. The van der Waals surface area contributed by atoms with E-state index < -0.39 is 11.8 Å². The molecule has 0 aliphatic carbocycles. The zero-order chi connectivity index (χ0) is 12.6. The predicted octanol–water partition coefficient (Wildman–Crippen LogP) is 1.16. The molecule has 0 radical (unpaired) electrons. The third-order valence-corrected chi connectivity index (χ3v) is 2.83. The van der Waals surface area contributed by atoms with Gasteiger partial charge in [0.05, 0.1) is 5.57 Å². The molecule has 0 aromatic heterocycles. The summed E-state index contributed by atoms with van der Waals surface area (Å²) in [7, 11) is 0. The van der Waals surface area contributed by atoms with Crippen molar-refractivity contribution in [3.63, 3.8) is 0 Å². The Bertz CT molecular complexity index is 614. The monoisotopic (exact) mass is 291 g/mol. The Morgan fingerprint density at radius 1 is 1.47 bits per heavy atom. The SMILES string of the molecule is N#C/C(C(N)=O)=C1\C(=O)Nc2ccc(Br)cc21. The van der Waals surface area contributed by atoms with E-state index in [9.17, 15) is 9.59 Å². The highest BCUT2D eigenvalue weighted by molar-refractivity contribution is 9.10. The number of rotatable bonds is 1. The Kier molecular flexibility index (Phi) is 2.69. The van der Waals surface area contributed by atoms with E-state index in [4.69, 9.17) is 11.0 Å². The molecule has 0 unspecified atom stereocenters. The largest absolute Gasteiger partial charge is 0.365 e. The summed E-state index contributed by atoms with van der Waals surface area (Å²) >= 11 is 3.26. The number of carbonyl (C=O) groups excluding carboxylic acids is 2. The number of primary amides is 1. The van der Waals surface area contributed by atoms with E-state index in [0.717, 1.165) is 4.47 Å². The number of hydrogen-bond acceptors (Lipinski definition) is 3. The van der Waals surface area contributed by atoms with E-state index in [1.807, 2.05) is 0 Å². The molecule has 2 rings (SSSR count). The zero-order valence-corrected chi connectivity index (χ0v) is 10.0. The summed E-state index contributed by atoms with van der Waals surface area (Å²) in [5, 5.41) is 11.4. The molecule has 0 bridgehead atoms. The molecule has 2 amide bonds. The molecule has 1 aliphatic heterocycles. The maximum atomic E-state index is 11.7. The average molecular weight is 292 g/mol. The highest BCUT2D eigenvalue weighted by Crippen LogP contribution is 2.35. The molecular weight excluding hydrogens is 286 g/mol. The van der Waals surface area contributed by atoms with Crippen molar-refractivity contribution in [2.45, 2.75) is 0 Å². The van der Waals surface area contributed by atoms with Gasteiger partial charge in [-0.2, -0.15) is 5.26 Å². The van der Waals surface area contributed by atoms with Crippen molar-refractivity contribution in [2.75, 3.05) is 5.32 Å². The van der Waals surface area contributed by atoms with Crippen molar-refractivity contribution in [1.82, 2.24) is 0 Å². The highest BCUT2D eigenvalue weighted by Gasteiger charge is 2.29. The van der Waals surface area contributed by atoms with Crippen molar-refractivity contribution in [1.29, 1.82) is 5.26 Å². The Balaban J connectivity index is 2.75. The number of amides is 2. The number of carbonyl (C=O) groups is 2. The Hall–Kier alpha value is -2.13. The Morgan fingerprint density at radius 2 is 2.18 bits per heavy atom. The number of nitrogens with one attached hydrogen (secondary N) is 1. The lowest BCUT2D eigenvalue weighted by Gasteiger charge is -2.00. The van der Waals surface area contributed by atoms with E-state index in [1.165, 1.54) is 0 Å². The van der Waals surface area contributed by atoms with Crippen LogP contribution in [0.1, 0.15) is 5.56 Å². The first-order chi connectivity index (χ1) is 8.04. The number of nitrogens with zero attached hydrogens (tertiary/aromatic N) is 1. The Labute approximate surface area is 105 Å². The molecule has 6 heteroatoms. The summed E-state index contributed by atoms with van der Waals surface area (Å²) in [5.41, 5.74) is 5.82. The van der Waals surface area contributed by atoms with Crippen molar-refractivity contribution < 1.29 is 9.59 Å². The van der Waals surface area contributed by atoms with Crippen LogP contribution in [0.4, 0.5) is 5.69 Å². The Morgan fingerprint density at radius 3 is 2.76 bits per heavy atom. The van der Waals surface area contributed by atoms with E-state index in [0.29, 0.717) is 11.3 Å². The molecule has 1 aliphatic rings. The first-order valence-corrected chi connectivity index (χ1v) is 5.39. The second-order valence-corrected chi connectivity index (χ2v) is 4.29. The molecule has 5 nitrogen and oxygen atoms in total. The first-order valence-electron chi connectivity index (χ1n) is 4.60. The molecule has 17 heavy (non-hydrogen) atoms. The molecule has 0 fully saturated rings. The summed E-state index contributed by atoms with van der Waals surface area (Å²) in [4.78, 5) is 22.8. The fourth-order valence-corrected chi connectivity index (χ4v) is 1.98. The van der Waals surface area contributed by atoms with Crippen molar-refractivity contribution >= 4 is 39.0 Å². The van der Waals surface area contributed by atoms with Gasteiger partial charge in [-0.25, -0.2) is 0 Å². The molecule has 0 atom stereocenters. The summed E-state index contributed by atoms with van der Waals surface area (Å²) < 4.78 is 0.743. The van der Waals surface area contributed by atoms with Gasteiger partial charge in [0.2, 0.25) is 0 Å². The normalized spacial score (nSPS) is 15.9. The molecule has 0 spiro atoms. The van der Waals surface area contributed by atoms with Gasteiger partial charge in [-0.05, 0) is 18.2 Å². The van der Waals surface area contributed by atoms with Crippen LogP contribution in [-0.2, 0) is 9.59 Å².